The van der Waals surface area contributed by atoms with Gasteiger partial charge in [0.25, 0.3) is 5.91 Å². The monoisotopic (exact) mass is 379 g/mol. The highest BCUT2D eigenvalue weighted by Crippen LogP contribution is 2.41. The third-order valence-electron chi connectivity index (χ3n) is 4.44. The number of aromatic nitrogens is 2. The molecule has 1 saturated carbocycles. The molecule has 0 bridgehead atoms. The molecule has 1 heterocycles. The Balaban J connectivity index is 1.83. The van der Waals surface area contributed by atoms with Crippen molar-refractivity contribution < 1.29 is 4.79 Å². The predicted octanol–water partition coefficient (Wildman–Crippen LogP) is 5.04. The van der Waals surface area contributed by atoms with Crippen LogP contribution in [0.5, 0.6) is 0 Å². The molecular weight excluding hydrogens is 357 g/mol. The Labute approximate surface area is 158 Å². The lowest BCUT2D eigenvalue weighted by atomic mass is 10.0. The highest BCUT2D eigenvalue weighted by Gasteiger charge is 2.34. The van der Waals surface area contributed by atoms with E-state index in [1.807, 2.05) is 31.2 Å². The van der Waals surface area contributed by atoms with Gasteiger partial charge in [0.05, 0.1) is 17.3 Å². The van der Waals surface area contributed by atoms with Crippen molar-refractivity contribution >= 4 is 29.1 Å². The van der Waals surface area contributed by atoms with Crippen LogP contribution in [0.25, 0.3) is 0 Å². The SMILES string of the molecule is Cc1nn(CC(C)C)c(Cl)c1C(=O)N[C@@H](c1ccc(Cl)cc1)C1CC1. The Bertz CT molecular complexity index is 764. The number of benzene rings is 1. The first kappa shape index (κ1) is 18.3. The van der Waals surface area contributed by atoms with E-state index >= 15 is 0 Å². The molecule has 2 aromatic rings. The van der Waals surface area contributed by atoms with Gasteiger partial charge in [-0.3, -0.25) is 9.48 Å². The summed E-state index contributed by atoms with van der Waals surface area (Å²) < 4.78 is 1.71. The minimum Gasteiger partial charge on any atom is -0.345 e. The van der Waals surface area contributed by atoms with E-state index in [0.29, 0.717) is 39.8 Å². The average molecular weight is 380 g/mol. The van der Waals surface area contributed by atoms with Crippen LogP contribution in [0.1, 0.15) is 54.3 Å². The molecule has 1 N–H and O–H groups in total. The molecule has 6 heteroatoms. The maximum absolute atomic E-state index is 12.9. The van der Waals surface area contributed by atoms with Crippen molar-refractivity contribution in [2.45, 2.75) is 46.2 Å². The quantitative estimate of drug-likeness (QED) is 0.764. The zero-order valence-corrected chi connectivity index (χ0v) is 16.2. The third kappa shape index (κ3) is 4.18. The Morgan fingerprint density at radius 3 is 2.48 bits per heavy atom. The molecule has 1 amide bonds. The fourth-order valence-electron chi connectivity index (χ4n) is 3.06. The number of aryl methyl sites for hydroxylation is 1. The lowest BCUT2D eigenvalue weighted by Crippen LogP contribution is -2.30. The predicted molar refractivity (Wildman–Crippen MR) is 101 cm³/mol. The van der Waals surface area contributed by atoms with Gasteiger partial charge in [-0.15, -0.1) is 0 Å². The standard InChI is InChI=1S/C19H23Cl2N3O/c1-11(2)10-24-18(21)16(12(3)23-24)19(25)22-17(13-4-5-13)14-6-8-15(20)9-7-14/h6-9,11,13,17H,4-5,10H2,1-3H3,(H,22,25)/t17-/m1/s1. The second-order valence-corrected chi connectivity index (χ2v) is 7.96. The van der Waals surface area contributed by atoms with Gasteiger partial charge in [0.15, 0.2) is 0 Å². The summed E-state index contributed by atoms with van der Waals surface area (Å²) in [6.07, 6.45) is 2.24. The van der Waals surface area contributed by atoms with Crippen LogP contribution in [0.3, 0.4) is 0 Å². The van der Waals surface area contributed by atoms with Gasteiger partial charge >= 0.3 is 0 Å². The third-order valence-corrected chi connectivity index (χ3v) is 5.08. The average Bonchev–Trinajstić information content (AvgIpc) is 3.33. The van der Waals surface area contributed by atoms with E-state index in [4.69, 9.17) is 23.2 Å². The second kappa shape index (κ2) is 7.38. The summed E-state index contributed by atoms with van der Waals surface area (Å²) in [5.74, 6) is 0.709. The largest absolute Gasteiger partial charge is 0.345 e. The lowest BCUT2D eigenvalue weighted by Gasteiger charge is -2.19. The highest BCUT2D eigenvalue weighted by molar-refractivity contribution is 6.33. The second-order valence-electron chi connectivity index (χ2n) is 7.17. The zero-order chi connectivity index (χ0) is 18.1. The van der Waals surface area contributed by atoms with E-state index in [1.54, 1.807) is 4.68 Å². The van der Waals surface area contributed by atoms with E-state index in [2.05, 4.69) is 24.3 Å². The van der Waals surface area contributed by atoms with Crippen LogP contribution in [-0.2, 0) is 6.54 Å². The summed E-state index contributed by atoms with van der Waals surface area (Å²) >= 11 is 12.4. The molecule has 1 aromatic heterocycles. The van der Waals surface area contributed by atoms with Crippen LogP contribution in [-0.4, -0.2) is 15.7 Å². The van der Waals surface area contributed by atoms with Crippen molar-refractivity contribution in [2.24, 2.45) is 11.8 Å². The summed E-state index contributed by atoms with van der Waals surface area (Å²) in [5, 5.41) is 8.69. The van der Waals surface area contributed by atoms with Crippen molar-refractivity contribution in [2.75, 3.05) is 0 Å². The maximum Gasteiger partial charge on any atom is 0.256 e. The number of carbonyl (C=O) groups excluding carboxylic acids is 1. The normalized spacial score (nSPS) is 15.4. The summed E-state index contributed by atoms with van der Waals surface area (Å²) in [4.78, 5) is 12.9. The highest BCUT2D eigenvalue weighted by atomic mass is 35.5. The van der Waals surface area contributed by atoms with E-state index in [-0.39, 0.29) is 11.9 Å². The van der Waals surface area contributed by atoms with Gasteiger partial charge in [-0.1, -0.05) is 49.2 Å². The topological polar surface area (TPSA) is 46.9 Å². The molecule has 25 heavy (non-hydrogen) atoms. The van der Waals surface area contributed by atoms with Crippen molar-refractivity contribution in [3.05, 3.63) is 51.3 Å². The molecule has 1 aromatic carbocycles. The molecule has 0 unspecified atom stereocenters. The fraction of sp³-hybridized carbons (Fsp3) is 0.474. The van der Waals surface area contributed by atoms with Gasteiger partial charge in [0.2, 0.25) is 0 Å². The molecule has 1 aliphatic rings. The van der Waals surface area contributed by atoms with Crippen molar-refractivity contribution in [1.82, 2.24) is 15.1 Å². The van der Waals surface area contributed by atoms with Crippen LogP contribution in [0, 0.1) is 18.8 Å². The summed E-state index contributed by atoms with van der Waals surface area (Å²) in [7, 11) is 0. The molecule has 0 aliphatic heterocycles. The van der Waals surface area contributed by atoms with Crippen LogP contribution in [0.2, 0.25) is 10.2 Å². The smallest absolute Gasteiger partial charge is 0.256 e. The van der Waals surface area contributed by atoms with Gasteiger partial charge in [-0.25, -0.2) is 0 Å². The number of rotatable bonds is 6. The minimum atomic E-state index is -0.163. The molecule has 0 saturated heterocycles. The molecule has 134 valence electrons. The van der Waals surface area contributed by atoms with Gasteiger partial charge in [0.1, 0.15) is 5.15 Å². The number of nitrogens with zero attached hydrogens (tertiary/aromatic N) is 2. The molecule has 1 atom stereocenters. The first-order valence-corrected chi connectivity index (χ1v) is 9.41. The van der Waals surface area contributed by atoms with Crippen LogP contribution in [0.4, 0.5) is 0 Å². The number of amides is 1. The van der Waals surface area contributed by atoms with Crippen molar-refractivity contribution in [3.8, 4) is 0 Å². The molecule has 3 rings (SSSR count). The van der Waals surface area contributed by atoms with Crippen LogP contribution >= 0.6 is 23.2 Å². The number of nitrogens with one attached hydrogen (secondary N) is 1. The minimum absolute atomic E-state index is 0.0197. The zero-order valence-electron chi connectivity index (χ0n) is 14.7. The van der Waals surface area contributed by atoms with E-state index in [1.165, 1.54) is 0 Å². The van der Waals surface area contributed by atoms with Crippen molar-refractivity contribution in [1.29, 1.82) is 0 Å². The van der Waals surface area contributed by atoms with E-state index < -0.39 is 0 Å². The van der Waals surface area contributed by atoms with Crippen molar-refractivity contribution in [3.63, 3.8) is 0 Å². The number of halogens is 2. The Morgan fingerprint density at radius 1 is 1.28 bits per heavy atom. The molecule has 0 radical (unpaired) electrons. The summed E-state index contributed by atoms with van der Waals surface area (Å²) in [5.41, 5.74) is 2.21. The number of carbonyl (C=O) groups is 1. The number of hydrogen-bond acceptors (Lipinski definition) is 2. The van der Waals surface area contributed by atoms with E-state index in [0.717, 1.165) is 18.4 Å². The molecule has 1 aliphatic carbocycles. The number of hydrogen-bond donors (Lipinski definition) is 1. The Morgan fingerprint density at radius 2 is 1.92 bits per heavy atom. The maximum atomic E-state index is 12.9. The van der Waals surface area contributed by atoms with E-state index in [9.17, 15) is 4.79 Å². The lowest BCUT2D eigenvalue weighted by molar-refractivity contribution is 0.0931. The molecule has 1 fully saturated rings. The first-order chi connectivity index (χ1) is 11.9. The van der Waals surface area contributed by atoms with Gasteiger partial charge < -0.3 is 5.32 Å². The summed E-state index contributed by atoms with van der Waals surface area (Å²) in [6.45, 7) is 6.70. The molecule has 0 spiro atoms. The van der Waals surface area contributed by atoms with Gasteiger partial charge in [0, 0.05) is 11.6 Å². The summed E-state index contributed by atoms with van der Waals surface area (Å²) in [6, 6.07) is 7.65. The Hall–Kier alpha value is -1.52. The first-order valence-electron chi connectivity index (χ1n) is 8.66. The van der Waals surface area contributed by atoms with Gasteiger partial charge in [-0.05, 0) is 49.3 Å². The van der Waals surface area contributed by atoms with Crippen LogP contribution in [0.15, 0.2) is 24.3 Å². The molecular formula is C19H23Cl2N3O. The fourth-order valence-corrected chi connectivity index (χ4v) is 3.52. The van der Waals surface area contributed by atoms with Crippen LogP contribution < -0.4 is 5.32 Å². The molecule has 4 nitrogen and oxygen atoms in total. The Kier molecular flexibility index (Phi) is 5.40. The van der Waals surface area contributed by atoms with Gasteiger partial charge in [-0.2, -0.15) is 5.10 Å².